The van der Waals surface area contributed by atoms with Crippen LogP contribution in [0.25, 0.3) is 0 Å². The summed E-state index contributed by atoms with van der Waals surface area (Å²) in [5.74, 6) is 0.527. The Labute approximate surface area is 190 Å². The summed E-state index contributed by atoms with van der Waals surface area (Å²) in [6.07, 6.45) is 3.23. The first-order valence-corrected chi connectivity index (χ1v) is 11.1. The molecule has 1 aliphatic heterocycles. The molecule has 0 saturated heterocycles. The Kier molecular flexibility index (Phi) is 6.14. The van der Waals surface area contributed by atoms with Crippen LogP contribution in [0.4, 0.5) is 0 Å². The van der Waals surface area contributed by atoms with Crippen LogP contribution in [0.5, 0.6) is 16.7 Å². The lowest BCUT2D eigenvalue weighted by Crippen LogP contribution is -2.50. The van der Waals surface area contributed by atoms with E-state index in [4.69, 9.17) is 14.2 Å². The molecule has 1 aromatic heterocycles. The molecule has 0 bridgehead atoms. The third kappa shape index (κ3) is 4.75. The number of methoxy groups -OCH3 is 1. The molecule has 1 N–H and O–H groups in total. The lowest BCUT2D eigenvalue weighted by molar-refractivity contribution is -0.146. The van der Waals surface area contributed by atoms with E-state index in [1.807, 2.05) is 36.4 Å². The minimum absolute atomic E-state index is 0.0461. The molecule has 1 amide bonds. The van der Waals surface area contributed by atoms with Crippen molar-refractivity contribution in [3.63, 3.8) is 0 Å². The molecule has 3 aromatic rings. The summed E-state index contributed by atoms with van der Waals surface area (Å²) in [7, 11) is 1.28. The molecule has 2 heterocycles. The van der Waals surface area contributed by atoms with Gasteiger partial charge in [0.1, 0.15) is 28.0 Å². The van der Waals surface area contributed by atoms with Crippen molar-refractivity contribution in [2.75, 3.05) is 7.11 Å². The summed E-state index contributed by atoms with van der Waals surface area (Å²) < 4.78 is 16.8. The number of hydrogen-bond donors (Lipinski definition) is 1. The molecule has 0 aliphatic carbocycles. The van der Waals surface area contributed by atoms with E-state index in [0.717, 1.165) is 35.5 Å². The number of benzene rings is 2. The predicted octanol–water partition coefficient (Wildman–Crippen LogP) is 4.68. The topological polar surface area (TPSA) is 86.8 Å². The molecule has 2 aromatic carbocycles. The molecule has 0 spiro atoms. The first-order valence-electron chi connectivity index (χ1n) is 10.2. The summed E-state index contributed by atoms with van der Waals surface area (Å²) in [6.45, 7) is 3.15. The van der Waals surface area contributed by atoms with Crippen LogP contribution >= 0.6 is 11.3 Å². The number of hydrogen-bond acceptors (Lipinski definition) is 7. The van der Waals surface area contributed by atoms with E-state index >= 15 is 0 Å². The molecule has 8 heteroatoms. The second-order valence-electron chi connectivity index (χ2n) is 7.99. The first-order chi connectivity index (χ1) is 15.4. The fourth-order valence-corrected chi connectivity index (χ4v) is 4.17. The number of fused-ring (bicyclic) bond motifs is 1. The average Bonchev–Trinajstić information content (AvgIpc) is 3.27. The fraction of sp³-hybridized carbons (Fsp3) is 0.292. The summed E-state index contributed by atoms with van der Waals surface area (Å²) in [5.41, 5.74) is 1.10. The number of nitrogens with one attached hydrogen (secondary N) is 1. The van der Waals surface area contributed by atoms with Crippen molar-refractivity contribution in [3.8, 4) is 16.7 Å². The zero-order valence-electron chi connectivity index (χ0n) is 18.1. The van der Waals surface area contributed by atoms with E-state index in [9.17, 15) is 9.59 Å². The fourth-order valence-electron chi connectivity index (χ4n) is 3.49. The van der Waals surface area contributed by atoms with Crippen molar-refractivity contribution >= 4 is 23.2 Å². The molecular weight excluding hydrogens is 428 g/mol. The Balaban J connectivity index is 1.41. The zero-order chi connectivity index (χ0) is 22.7. The third-order valence-electron chi connectivity index (χ3n) is 5.18. The van der Waals surface area contributed by atoms with Gasteiger partial charge >= 0.3 is 5.97 Å². The van der Waals surface area contributed by atoms with Gasteiger partial charge in [-0.1, -0.05) is 41.7 Å². The monoisotopic (exact) mass is 452 g/mol. The van der Waals surface area contributed by atoms with E-state index in [0.29, 0.717) is 15.8 Å². The van der Waals surface area contributed by atoms with Crippen molar-refractivity contribution < 1.29 is 23.8 Å². The number of aromatic nitrogens is 1. The number of rotatable bonds is 6. The maximum atomic E-state index is 12.5. The molecule has 0 fully saturated rings. The van der Waals surface area contributed by atoms with E-state index in [2.05, 4.69) is 22.4 Å². The third-order valence-corrected chi connectivity index (χ3v) is 6.06. The second kappa shape index (κ2) is 9.00. The van der Waals surface area contributed by atoms with Crippen molar-refractivity contribution in [2.24, 2.45) is 0 Å². The smallest absolute Gasteiger partial charge is 0.330 e. The molecule has 7 nitrogen and oxygen atoms in total. The number of esters is 1. The van der Waals surface area contributed by atoms with E-state index in [1.165, 1.54) is 18.9 Å². The maximum Gasteiger partial charge on any atom is 0.330 e. The quantitative estimate of drug-likeness (QED) is 0.547. The van der Waals surface area contributed by atoms with Crippen LogP contribution in [-0.4, -0.2) is 29.5 Å². The Morgan fingerprint density at radius 3 is 2.72 bits per heavy atom. The van der Waals surface area contributed by atoms with E-state index < -0.39 is 17.4 Å². The Hall–Kier alpha value is -3.39. The van der Waals surface area contributed by atoms with Gasteiger partial charge in [-0.2, -0.15) is 0 Å². The largest absolute Gasteiger partial charge is 0.485 e. The van der Waals surface area contributed by atoms with E-state index in [-0.39, 0.29) is 6.10 Å². The van der Waals surface area contributed by atoms with Gasteiger partial charge in [-0.05, 0) is 56.0 Å². The number of ether oxygens (including phenoxy) is 3. The van der Waals surface area contributed by atoms with Crippen molar-refractivity contribution in [1.29, 1.82) is 0 Å². The highest BCUT2D eigenvalue weighted by Gasteiger charge is 2.31. The van der Waals surface area contributed by atoms with Gasteiger partial charge < -0.3 is 19.5 Å². The lowest BCUT2D eigenvalue weighted by atomic mass is 9.97. The number of amides is 1. The van der Waals surface area contributed by atoms with Crippen LogP contribution in [0.3, 0.4) is 0 Å². The molecule has 1 unspecified atom stereocenters. The lowest BCUT2D eigenvalue weighted by Gasteiger charge is -2.26. The molecule has 4 rings (SSSR count). The number of carbonyl (C=O) groups is 2. The van der Waals surface area contributed by atoms with Gasteiger partial charge in [-0.15, -0.1) is 0 Å². The van der Waals surface area contributed by atoms with Gasteiger partial charge in [-0.25, -0.2) is 9.78 Å². The van der Waals surface area contributed by atoms with Crippen molar-refractivity contribution in [3.05, 3.63) is 70.7 Å². The summed E-state index contributed by atoms with van der Waals surface area (Å²) in [5, 5.41) is 2.98. The number of carbonyl (C=O) groups excluding carboxylic acids is 2. The van der Waals surface area contributed by atoms with Crippen molar-refractivity contribution in [2.45, 2.75) is 38.3 Å². The summed E-state index contributed by atoms with van der Waals surface area (Å²) in [6, 6.07) is 15.9. The van der Waals surface area contributed by atoms with Gasteiger partial charge in [0.25, 0.3) is 11.1 Å². The summed E-state index contributed by atoms with van der Waals surface area (Å²) in [4.78, 5) is 28.8. The SMILES string of the molecule is COC(=O)C(C)(C)NC(=O)c1cnc(Oc2ccc3c(c2)CCC(c2ccccc2)O3)s1. The molecule has 166 valence electrons. The van der Waals surface area contributed by atoms with Crippen LogP contribution in [0.1, 0.15) is 47.2 Å². The zero-order valence-corrected chi connectivity index (χ0v) is 18.9. The highest BCUT2D eigenvalue weighted by Crippen LogP contribution is 2.38. The van der Waals surface area contributed by atoms with Gasteiger partial charge in [-0.3, -0.25) is 4.79 Å². The Morgan fingerprint density at radius 1 is 1.19 bits per heavy atom. The highest BCUT2D eigenvalue weighted by molar-refractivity contribution is 7.15. The number of aryl methyl sites for hydroxylation is 1. The molecule has 32 heavy (non-hydrogen) atoms. The standard InChI is InChI=1S/C24H24N2O5S/c1-24(2,22(28)29-3)26-21(27)20-14-25-23(32-20)30-17-10-12-19-16(13-17)9-11-18(31-19)15-7-5-4-6-8-15/h4-8,10,12-14,18H,9,11H2,1-3H3,(H,26,27). The first kappa shape index (κ1) is 21.8. The average molecular weight is 453 g/mol. The second-order valence-corrected chi connectivity index (χ2v) is 8.98. The summed E-state index contributed by atoms with van der Waals surface area (Å²) >= 11 is 1.10. The number of nitrogens with zero attached hydrogens (tertiary/aromatic N) is 1. The van der Waals surface area contributed by atoms with Crippen LogP contribution in [-0.2, 0) is 16.0 Å². The van der Waals surface area contributed by atoms with Crippen LogP contribution in [0, 0.1) is 0 Å². The predicted molar refractivity (Wildman–Crippen MR) is 120 cm³/mol. The van der Waals surface area contributed by atoms with E-state index in [1.54, 1.807) is 13.8 Å². The molecule has 0 radical (unpaired) electrons. The minimum atomic E-state index is -1.15. The van der Waals surface area contributed by atoms with Crippen LogP contribution in [0.2, 0.25) is 0 Å². The van der Waals surface area contributed by atoms with Crippen molar-refractivity contribution in [1.82, 2.24) is 10.3 Å². The van der Waals surface area contributed by atoms with Crippen LogP contribution in [0.15, 0.2) is 54.7 Å². The maximum absolute atomic E-state index is 12.5. The van der Waals surface area contributed by atoms with Gasteiger partial charge in [0.15, 0.2) is 0 Å². The minimum Gasteiger partial charge on any atom is -0.485 e. The molecule has 1 atom stereocenters. The van der Waals surface area contributed by atoms with Gasteiger partial charge in [0.2, 0.25) is 0 Å². The van der Waals surface area contributed by atoms with Crippen LogP contribution < -0.4 is 14.8 Å². The molecular formula is C24H24N2O5S. The highest BCUT2D eigenvalue weighted by atomic mass is 32.1. The molecule has 0 saturated carbocycles. The Morgan fingerprint density at radius 2 is 1.97 bits per heavy atom. The van der Waals surface area contributed by atoms with Gasteiger partial charge in [0, 0.05) is 0 Å². The normalized spacial score (nSPS) is 15.3. The van der Waals surface area contributed by atoms with Gasteiger partial charge in [0.05, 0.1) is 13.3 Å². The Bertz CT molecular complexity index is 1130. The molecule has 1 aliphatic rings. The number of thiazole rings is 1.